The minimum Gasteiger partial charge on any atom is -0.335 e. The fraction of sp³-hybridized carbons (Fsp3) is 0.846. The Morgan fingerprint density at radius 3 is 2.45 bits per heavy atom. The van der Waals surface area contributed by atoms with Crippen molar-refractivity contribution in [1.82, 2.24) is 20.0 Å². The maximum Gasteiger partial charge on any atom is 0.406 e. The van der Waals surface area contributed by atoms with Crippen LogP contribution in [0.5, 0.6) is 0 Å². The third kappa shape index (κ3) is 6.08. The number of rotatable bonds is 4. The van der Waals surface area contributed by atoms with E-state index in [4.69, 9.17) is 0 Å². The van der Waals surface area contributed by atoms with Crippen molar-refractivity contribution in [3.05, 3.63) is 0 Å². The monoisotopic (exact) mass is 324 g/mol. The highest BCUT2D eigenvalue weighted by atomic mass is 19.4. The lowest BCUT2D eigenvalue weighted by molar-refractivity contribution is -0.157. The van der Waals surface area contributed by atoms with E-state index in [2.05, 4.69) is 5.32 Å². The van der Waals surface area contributed by atoms with E-state index >= 15 is 0 Å². The molecule has 1 fully saturated rings. The van der Waals surface area contributed by atoms with Crippen LogP contribution >= 0.6 is 0 Å². The van der Waals surface area contributed by atoms with Crippen LogP contribution in [-0.4, -0.2) is 86.2 Å². The standard InChI is InChI=1S/C13H23F3N4O2/c1-18(2)10-5-4-6-20(8-10)12(22)17-7-11(21)19(3)9-13(14,15)16/h10H,4-9H2,1-3H3,(H,17,22)/t10-/m1/s1. The second-order valence-corrected chi connectivity index (χ2v) is 5.73. The average Bonchev–Trinajstić information content (AvgIpc) is 2.42. The number of piperidine rings is 1. The number of urea groups is 1. The predicted molar refractivity (Wildman–Crippen MR) is 75.4 cm³/mol. The van der Waals surface area contributed by atoms with Crippen molar-refractivity contribution in [2.75, 3.05) is 47.3 Å². The van der Waals surface area contributed by atoms with Crippen LogP contribution in [0.4, 0.5) is 18.0 Å². The summed E-state index contributed by atoms with van der Waals surface area (Å²) in [5.74, 6) is -0.771. The Bertz CT molecular complexity index is 401. The molecule has 0 aromatic rings. The molecule has 1 aliphatic rings. The van der Waals surface area contributed by atoms with Gasteiger partial charge >= 0.3 is 12.2 Å². The number of carbonyl (C=O) groups excluding carboxylic acids is 2. The van der Waals surface area contributed by atoms with E-state index in [1.165, 1.54) is 0 Å². The second kappa shape index (κ2) is 7.66. The normalized spacial score (nSPS) is 19.2. The zero-order valence-electron chi connectivity index (χ0n) is 13.1. The lowest BCUT2D eigenvalue weighted by atomic mass is 10.1. The van der Waals surface area contributed by atoms with Gasteiger partial charge in [0.05, 0.1) is 6.54 Å². The molecule has 0 aromatic heterocycles. The summed E-state index contributed by atoms with van der Waals surface area (Å²) in [5, 5.41) is 2.39. The van der Waals surface area contributed by atoms with E-state index < -0.39 is 31.2 Å². The number of likely N-dealkylation sites (tertiary alicyclic amines) is 1. The summed E-state index contributed by atoms with van der Waals surface area (Å²) >= 11 is 0. The summed E-state index contributed by atoms with van der Waals surface area (Å²) in [6.45, 7) is -0.628. The molecular formula is C13H23F3N4O2. The first-order valence-electron chi connectivity index (χ1n) is 7.10. The molecule has 6 nitrogen and oxygen atoms in total. The first-order valence-corrected chi connectivity index (χ1v) is 7.10. The van der Waals surface area contributed by atoms with Crippen LogP contribution in [0, 0.1) is 0 Å². The van der Waals surface area contributed by atoms with Gasteiger partial charge in [-0.15, -0.1) is 0 Å². The molecule has 1 N–H and O–H groups in total. The SMILES string of the molecule is CN(CC(F)(F)F)C(=O)CNC(=O)N1CCC[C@@H](N(C)C)C1. The molecule has 0 aromatic carbocycles. The molecule has 0 saturated carbocycles. The fourth-order valence-corrected chi connectivity index (χ4v) is 2.32. The number of hydrogen-bond acceptors (Lipinski definition) is 3. The molecule has 22 heavy (non-hydrogen) atoms. The van der Waals surface area contributed by atoms with Gasteiger partial charge in [-0.1, -0.05) is 0 Å². The van der Waals surface area contributed by atoms with Crippen molar-refractivity contribution in [2.24, 2.45) is 0 Å². The summed E-state index contributed by atoms with van der Waals surface area (Å²) in [6.07, 6.45) is -2.59. The third-order valence-corrected chi connectivity index (χ3v) is 3.65. The molecule has 9 heteroatoms. The Balaban J connectivity index is 2.40. The molecular weight excluding hydrogens is 301 g/mol. The molecule has 1 aliphatic heterocycles. The smallest absolute Gasteiger partial charge is 0.335 e. The highest BCUT2D eigenvalue weighted by Crippen LogP contribution is 2.15. The minimum atomic E-state index is -4.44. The van der Waals surface area contributed by atoms with Crippen molar-refractivity contribution >= 4 is 11.9 Å². The molecule has 1 saturated heterocycles. The Morgan fingerprint density at radius 2 is 1.91 bits per heavy atom. The first kappa shape index (κ1) is 18.5. The highest BCUT2D eigenvalue weighted by molar-refractivity contribution is 5.84. The summed E-state index contributed by atoms with van der Waals surface area (Å²) < 4.78 is 36.5. The maximum atomic E-state index is 12.2. The number of alkyl halides is 3. The number of nitrogens with one attached hydrogen (secondary N) is 1. The van der Waals surface area contributed by atoms with Crippen molar-refractivity contribution in [3.8, 4) is 0 Å². The van der Waals surface area contributed by atoms with Crippen LogP contribution in [-0.2, 0) is 4.79 Å². The maximum absolute atomic E-state index is 12.2. The summed E-state index contributed by atoms with van der Waals surface area (Å²) in [6, 6.07) is -0.164. The number of halogens is 3. The van der Waals surface area contributed by atoms with Crippen molar-refractivity contribution in [2.45, 2.75) is 25.1 Å². The minimum absolute atomic E-state index is 0.253. The Labute approximate surface area is 128 Å². The van der Waals surface area contributed by atoms with E-state index in [9.17, 15) is 22.8 Å². The number of hydrogen-bond donors (Lipinski definition) is 1. The third-order valence-electron chi connectivity index (χ3n) is 3.65. The largest absolute Gasteiger partial charge is 0.406 e. The van der Waals surface area contributed by atoms with Gasteiger partial charge in [-0.3, -0.25) is 4.79 Å². The predicted octanol–water partition coefficient (Wildman–Crippen LogP) is 0.743. The lowest BCUT2D eigenvalue weighted by Crippen LogP contribution is -2.52. The summed E-state index contributed by atoms with van der Waals surface area (Å²) in [5.41, 5.74) is 0. The fourth-order valence-electron chi connectivity index (χ4n) is 2.32. The van der Waals surface area contributed by atoms with Crippen LogP contribution < -0.4 is 5.32 Å². The van der Waals surface area contributed by atoms with Gasteiger partial charge in [0.15, 0.2) is 0 Å². The van der Waals surface area contributed by atoms with Crippen LogP contribution in [0.1, 0.15) is 12.8 Å². The van der Waals surface area contributed by atoms with Gasteiger partial charge in [-0.05, 0) is 26.9 Å². The lowest BCUT2D eigenvalue weighted by Gasteiger charge is -2.36. The van der Waals surface area contributed by atoms with Crippen LogP contribution in [0.25, 0.3) is 0 Å². The molecule has 0 bridgehead atoms. The molecule has 1 heterocycles. The van der Waals surface area contributed by atoms with E-state index in [1.807, 2.05) is 19.0 Å². The summed E-state index contributed by atoms with van der Waals surface area (Å²) in [7, 11) is 4.92. The topological polar surface area (TPSA) is 55.9 Å². The molecule has 1 rings (SSSR count). The molecule has 128 valence electrons. The van der Waals surface area contributed by atoms with Gasteiger partial charge < -0.3 is 20.0 Å². The van der Waals surface area contributed by atoms with E-state index in [-0.39, 0.29) is 6.04 Å². The molecule has 0 spiro atoms. The van der Waals surface area contributed by atoms with Gasteiger partial charge in [0.1, 0.15) is 6.54 Å². The van der Waals surface area contributed by atoms with E-state index in [0.29, 0.717) is 18.0 Å². The van der Waals surface area contributed by atoms with Crippen molar-refractivity contribution in [3.63, 3.8) is 0 Å². The molecule has 0 unspecified atom stereocenters. The Hall–Kier alpha value is -1.51. The Morgan fingerprint density at radius 1 is 1.27 bits per heavy atom. The average molecular weight is 324 g/mol. The van der Waals surface area contributed by atoms with Crippen LogP contribution in [0.3, 0.4) is 0 Å². The van der Waals surface area contributed by atoms with E-state index in [0.717, 1.165) is 19.9 Å². The van der Waals surface area contributed by atoms with Gasteiger partial charge in [-0.2, -0.15) is 13.2 Å². The van der Waals surface area contributed by atoms with Crippen LogP contribution in [0.15, 0.2) is 0 Å². The Kier molecular flexibility index (Phi) is 6.46. The van der Waals surface area contributed by atoms with Gasteiger partial charge in [0, 0.05) is 26.2 Å². The zero-order chi connectivity index (χ0) is 16.9. The molecule has 3 amide bonds. The quantitative estimate of drug-likeness (QED) is 0.830. The number of amides is 3. The van der Waals surface area contributed by atoms with Gasteiger partial charge in [0.2, 0.25) is 5.91 Å². The number of nitrogens with zero attached hydrogens (tertiary/aromatic N) is 3. The first-order chi connectivity index (χ1) is 10.1. The van der Waals surface area contributed by atoms with Crippen LogP contribution in [0.2, 0.25) is 0 Å². The van der Waals surface area contributed by atoms with Crippen molar-refractivity contribution in [1.29, 1.82) is 0 Å². The summed E-state index contributed by atoms with van der Waals surface area (Å²) in [4.78, 5) is 27.7. The van der Waals surface area contributed by atoms with Gasteiger partial charge in [-0.25, -0.2) is 4.79 Å². The number of carbonyl (C=O) groups is 2. The number of likely N-dealkylation sites (N-methyl/N-ethyl adjacent to an activating group) is 2. The molecule has 1 atom stereocenters. The van der Waals surface area contributed by atoms with E-state index in [1.54, 1.807) is 4.90 Å². The molecule has 0 aliphatic carbocycles. The zero-order valence-corrected chi connectivity index (χ0v) is 13.1. The van der Waals surface area contributed by atoms with Gasteiger partial charge in [0.25, 0.3) is 0 Å². The second-order valence-electron chi connectivity index (χ2n) is 5.73. The highest BCUT2D eigenvalue weighted by Gasteiger charge is 2.31. The van der Waals surface area contributed by atoms with Crippen molar-refractivity contribution < 1.29 is 22.8 Å². The molecule has 0 radical (unpaired) electrons.